The molecule has 1 aromatic carbocycles. The molecule has 1 atom stereocenters. The van der Waals surface area contributed by atoms with Crippen molar-refractivity contribution in [3.63, 3.8) is 0 Å². The number of Topliss-reactive ketones (excluding diaryl/α,β-unsaturated/α-hetero) is 1. The third-order valence-electron chi connectivity index (χ3n) is 3.79. The summed E-state index contributed by atoms with van der Waals surface area (Å²) >= 11 is 0. The number of halogens is 1. The fourth-order valence-electron chi connectivity index (χ4n) is 2.88. The van der Waals surface area contributed by atoms with E-state index in [2.05, 4.69) is 0 Å². The fourth-order valence-corrected chi connectivity index (χ4v) is 2.88. The van der Waals surface area contributed by atoms with E-state index in [-0.39, 0.29) is 17.2 Å². The molecule has 0 saturated carbocycles. The summed E-state index contributed by atoms with van der Waals surface area (Å²) in [6.45, 7) is 0. The Morgan fingerprint density at radius 3 is 2.90 bits per heavy atom. The fraction of sp³-hybridized carbons (Fsp3) is 0.250. The van der Waals surface area contributed by atoms with Gasteiger partial charge in [-0.15, -0.1) is 0 Å². The van der Waals surface area contributed by atoms with E-state index in [1.807, 2.05) is 6.07 Å². The average molecular weight is 284 g/mol. The van der Waals surface area contributed by atoms with Gasteiger partial charge in [0.15, 0.2) is 5.78 Å². The molecule has 0 fully saturated rings. The van der Waals surface area contributed by atoms with Crippen molar-refractivity contribution in [2.45, 2.75) is 25.2 Å². The standard InChI is InChI=1S/C16H13FN2O2/c17-10-4-1-3-9(7-10)14-11(8-18)16(19)21-13-6-2-5-12(20)15(13)14/h1,3-4,7,14H,2,5-6,19H2/t14-/m0/s1. The van der Waals surface area contributed by atoms with E-state index in [0.29, 0.717) is 36.2 Å². The lowest BCUT2D eigenvalue weighted by atomic mass is 9.77. The zero-order chi connectivity index (χ0) is 15.0. The van der Waals surface area contributed by atoms with E-state index in [4.69, 9.17) is 10.5 Å². The van der Waals surface area contributed by atoms with Crippen LogP contribution in [0.15, 0.2) is 47.1 Å². The van der Waals surface area contributed by atoms with E-state index in [9.17, 15) is 14.4 Å². The molecule has 4 nitrogen and oxygen atoms in total. The Kier molecular flexibility index (Phi) is 3.22. The number of carbonyl (C=O) groups excluding carboxylic acids is 1. The summed E-state index contributed by atoms with van der Waals surface area (Å²) < 4.78 is 19.0. The van der Waals surface area contributed by atoms with Crippen molar-refractivity contribution in [1.29, 1.82) is 5.26 Å². The molecule has 2 aliphatic rings. The zero-order valence-corrected chi connectivity index (χ0v) is 11.2. The van der Waals surface area contributed by atoms with Crippen molar-refractivity contribution in [1.82, 2.24) is 0 Å². The van der Waals surface area contributed by atoms with Crippen molar-refractivity contribution in [2.75, 3.05) is 0 Å². The number of hydrogen-bond acceptors (Lipinski definition) is 4. The molecule has 0 spiro atoms. The van der Waals surface area contributed by atoms with Crippen molar-refractivity contribution >= 4 is 5.78 Å². The lowest BCUT2D eigenvalue weighted by Gasteiger charge is -2.30. The Morgan fingerprint density at radius 2 is 2.19 bits per heavy atom. The number of hydrogen-bond donors (Lipinski definition) is 1. The first-order valence-corrected chi connectivity index (χ1v) is 6.71. The van der Waals surface area contributed by atoms with E-state index >= 15 is 0 Å². The van der Waals surface area contributed by atoms with Crippen molar-refractivity contribution < 1.29 is 13.9 Å². The van der Waals surface area contributed by atoms with Crippen LogP contribution in [0.4, 0.5) is 4.39 Å². The first-order chi connectivity index (χ1) is 10.1. The van der Waals surface area contributed by atoms with E-state index in [1.165, 1.54) is 12.1 Å². The number of ether oxygens (including phenoxy) is 1. The van der Waals surface area contributed by atoms with Gasteiger partial charge in [-0.2, -0.15) is 5.26 Å². The monoisotopic (exact) mass is 284 g/mol. The molecule has 0 aromatic heterocycles. The maximum atomic E-state index is 13.5. The smallest absolute Gasteiger partial charge is 0.205 e. The highest BCUT2D eigenvalue weighted by molar-refractivity contribution is 5.99. The molecule has 106 valence electrons. The number of nitrogens with zero attached hydrogens (tertiary/aromatic N) is 1. The predicted molar refractivity (Wildman–Crippen MR) is 72.9 cm³/mol. The van der Waals surface area contributed by atoms with Crippen LogP contribution in [-0.4, -0.2) is 5.78 Å². The molecule has 0 amide bonds. The molecule has 0 bridgehead atoms. The molecule has 1 aliphatic carbocycles. The van der Waals surface area contributed by atoms with Crippen molar-refractivity contribution in [3.05, 3.63) is 58.4 Å². The molecule has 1 aromatic rings. The summed E-state index contributed by atoms with van der Waals surface area (Å²) in [4.78, 5) is 12.3. The first kappa shape index (κ1) is 13.4. The highest BCUT2D eigenvalue weighted by atomic mass is 19.1. The van der Waals surface area contributed by atoms with Crippen LogP contribution in [0.3, 0.4) is 0 Å². The highest BCUT2D eigenvalue weighted by Gasteiger charge is 2.37. The summed E-state index contributed by atoms with van der Waals surface area (Å²) in [6, 6.07) is 7.89. The molecule has 3 rings (SSSR count). The highest BCUT2D eigenvalue weighted by Crippen LogP contribution is 2.43. The van der Waals surface area contributed by atoms with Crippen LogP contribution < -0.4 is 5.73 Å². The summed E-state index contributed by atoms with van der Waals surface area (Å²) in [5, 5.41) is 9.34. The molecule has 2 N–H and O–H groups in total. The topological polar surface area (TPSA) is 76.1 Å². The third kappa shape index (κ3) is 2.19. The SMILES string of the molecule is N#CC1=C(N)OC2=C(C(=O)CCC2)[C@H]1c1cccc(F)c1. The quantitative estimate of drug-likeness (QED) is 0.860. The normalized spacial score (nSPS) is 21.7. The lowest BCUT2D eigenvalue weighted by Crippen LogP contribution is -2.27. The summed E-state index contributed by atoms with van der Waals surface area (Å²) in [7, 11) is 0. The van der Waals surface area contributed by atoms with Crippen LogP contribution in [0.1, 0.15) is 30.7 Å². The third-order valence-corrected chi connectivity index (χ3v) is 3.79. The number of nitrogens with two attached hydrogens (primary N) is 1. The lowest BCUT2D eigenvalue weighted by molar-refractivity contribution is -0.116. The maximum Gasteiger partial charge on any atom is 0.205 e. The number of ketones is 1. The van der Waals surface area contributed by atoms with Crippen LogP contribution in [0.25, 0.3) is 0 Å². The molecular formula is C16H13FN2O2. The first-order valence-electron chi connectivity index (χ1n) is 6.71. The van der Waals surface area contributed by atoms with Crippen LogP contribution in [0, 0.1) is 17.1 Å². The van der Waals surface area contributed by atoms with Gasteiger partial charge >= 0.3 is 0 Å². The summed E-state index contributed by atoms with van der Waals surface area (Å²) in [5.74, 6) is -0.606. The average Bonchev–Trinajstić information content (AvgIpc) is 2.46. The Bertz CT molecular complexity index is 728. The minimum atomic E-state index is -0.637. The number of allylic oxidation sites excluding steroid dienone is 3. The van der Waals surface area contributed by atoms with Gasteiger partial charge in [-0.1, -0.05) is 12.1 Å². The van der Waals surface area contributed by atoms with Gasteiger partial charge in [0, 0.05) is 18.4 Å². The largest absolute Gasteiger partial charge is 0.444 e. The van der Waals surface area contributed by atoms with Crippen LogP contribution >= 0.6 is 0 Å². The molecule has 0 saturated heterocycles. The minimum absolute atomic E-state index is 0.000196. The molecule has 0 radical (unpaired) electrons. The Hall–Kier alpha value is -2.61. The number of nitriles is 1. The summed E-state index contributed by atoms with van der Waals surface area (Å²) in [6.07, 6.45) is 1.71. The van der Waals surface area contributed by atoms with Gasteiger partial charge in [0.25, 0.3) is 0 Å². The molecule has 1 aliphatic heterocycles. The van der Waals surface area contributed by atoms with Crippen LogP contribution in [0.5, 0.6) is 0 Å². The van der Waals surface area contributed by atoms with E-state index in [0.717, 1.165) is 0 Å². The number of benzene rings is 1. The predicted octanol–water partition coefficient (Wildman–Crippen LogP) is 2.64. The Balaban J connectivity index is 2.20. The molecule has 1 heterocycles. The van der Waals surface area contributed by atoms with Gasteiger partial charge in [0.2, 0.25) is 5.88 Å². The van der Waals surface area contributed by atoms with Gasteiger partial charge in [0.05, 0.1) is 5.92 Å². The zero-order valence-electron chi connectivity index (χ0n) is 11.2. The maximum absolute atomic E-state index is 13.5. The molecule has 0 unspecified atom stereocenters. The van der Waals surface area contributed by atoms with Gasteiger partial charge in [0.1, 0.15) is 23.2 Å². The number of carbonyl (C=O) groups is 1. The van der Waals surface area contributed by atoms with Gasteiger partial charge in [-0.05, 0) is 24.1 Å². The van der Waals surface area contributed by atoms with Gasteiger partial charge < -0.3 is 10.5 Å². The van der Waals surface area contributed by atoms with Crippen molar-refractivity contribution in [2.24, 2.45) is 5.73 Å². The summed E-state index contributed by atoms with van der Waals surface area (Å²) in [5.41, 5.74) is 6.95. The second kappa shape index (κ2) is 5.06. The molecule has 5 heteroatoms. The van der Waals surface area contributed by atoms with Gasteiger partial charge in [-0.25, -0.2) is 4.39 Å². The van der Waals surface area contributed by atoms with E-state index in [1.54, 1.807) is 12.1 Å². The Morgan fingerprint density at radius 1 is 1.38 bits per heavy atom. The van der Waals surface area contributed by atoms with Gasteiger partial charge in [-0.3, -0.25) is 4.79 Å². The second-order valence-electron chi connectivity index (χ2n) is 5.09. The second-order valence-corrected chi connectivity index (χ2v) is 5.09. The Labute approximate surface area is 121 Å². The minimum Gasteiger partial charge on any atom is -0.444 e. The van der Waals surface area contributed by atoms with E-state index < -0.39 is 11.7 Å². The van der Waals surface area contributed by atoms with Crippen molar-refractivity contribution in [3.8, 4) is 6.07 Å². The molecular weight excluding hydrogens is 271 g/mol. The molecule has 21 heavy (non-hydrogen) atoms. The van der Waals surface area contributed by atoms with Crippen LogP contribution in [0.2, 0.25) is 0 Å². The van der Waals surface area contributed by atoms with Crippen LogP contribution in [-0.2, 0) is 9.53 Å². The number of rotatable bonds is 1.